The van der Waals surface area contributed by atoms with Crippen molar-refractivity contribution in [2.75, 3.05) is 25.0 Å². The van der Waals surface area contributed by atoms with Crippen LogP contribution < -0.4 is 16.0 Å². The zero-order valence-corrected chi connectivity index (χ0v) is 19.2. The highest BCUT2D eigenvalue weighted by atomic mass is 127. The topological polar surface area (TPSA) is 79.2 Å². The normalized spacial score (nSPS) is 11.8. The maximum atomic E-state index is 13.0. The molecule has 0 spiro atoms. The number of alkyl halides is 3. The molecule has 2 heterocycles. The Morgan fingerprint density at radius 1 is 1.21 bits per heavy atom. The van der Waals surface area contributed by atoms with E-state index in [2.05, 4.69) is 31.0 Å². The van der Waals surface area contributed by atoms with E-state index in [1.54, 1.807) is 0 Å². The minimum atomic E-state index is -4.44. The van der Waals surface area contributed by atoms with Crippen molar-refractivity contribution in [3.8, 4) is 0 Å². The highest BCUT2D eigenvalue weighted by Gasteiger charge is 2.33. The van der Waals surface area contributed by atoms with Crippen LogP contribution in [-0.4, -0.2) is 40.4 Å². The van der Waals surface area contributed by atoms with E-state index in [-0.39, 0.29) is 36.3 Å². The van der Waals surface area contributed by atoms with Crippen LogP contribution in [0.2, 0.25) is 0 Å². The minimum absolute atomic E-state index is 0. The van der Waals surface area contributed by atoms with Gasteiger partial charge in [0.25, 0.3) is 0 Å². The van der Waals surface area contributed by atoms with Gasteiger partial charge in [0.2, 0.25) is 0 Å². The fourth-order valence-electron chi connectivity index (χ4n) is 2.68. The molecule has 29 heavy (non-hydrogen) atoms. The molecule has 0 amide bonds. The molecule has 2 aromatic rings. The van der Waals surface area contributed by atoms with Crippen LogP contribution in [0.15, 0.2) is 23.3 Å². The molecule has 0 fully saturated rings. The quantitative estimate of drug-likeness (QED) is 0.224. The molecule has 2 aromatic heterocycles. The highest BCUT2D eigenvalue weighted by Crippen LogP contribution is 2.33. The van der Waals surface area contributed by atoms with E-state index in [0.717, 1.165) is 23.0 Å². The molecule has 0 aliphatic heterocycles. The maximum Gasteiger partial charge on any atom is 0.419 e. The van der Waals surface area contributed by atoms with E-state index < -0.39 is 11.7 Å². The molecule has 3 N–H and O–H groups in total. The second kappa shape index (κ2) is 11.2. The number of halogens is 4. The second-order valence-corrected chi connectivity index (χ2v) is 6.22. The van der Waals surface area contributed by atoms with E-state index in [1.165, 1.54) is 12.3 Å². The average molecular weight is 525 g/mol. The van der Waals surface area contributed by atoms with Gasteiger partial charge in [-0.1, -0.05) is 0 Å². The number of pyridine rings is 1. The molecule has 2 rings (SSSR count). The molecular weight excluding hydrogens is 498 g/mol. The fourth-order valence-corrected chi connectivity index (χ4v) is 2.68. The lowest BCUT2D eigenvalue weighted by molar-refractivity contribution is -0.137. The zero-order chi connectivity index (χ0) is 20.7. The van der Waals surface area contributed by atoms with Gasteiger partial charge in [-0.2, -0.15) is 18.3 Å². The number of hydrogen-bond acceptors (Lipinski definition) is 4. The van der Waals surface area contributed by atoms with Crippen LogP contribution >= 0.6 is 24.0 Å². The van der Waals surface area contributed by atoms with Crippen molar-refractivity contribution in [2.24, 2.45) is 12.0 Å². The van der Waals surface area contributed by atoms with E-state index in [0.29, 0.717) is 25.6 Å². The summed E-state index contributed by atoms with van der Waals surface area (Å²) in [6.07, 6.45) is -3.12. The molecule has 0 saturated heterocycles. The number of aliphatic imine (C=N–C) groups is 1. The van der Waals surface area contributed by atoms with Gasteiger partial charge < -0.3 is 16.0 Å². The van der Waals surface area contributed by atoms with Crippen LogP contribution in [-0.2, 0) is 19.8 Å². The van der Waals surface area contributed by atoms with Crippen LogP contribution in [0.1, 0.15) is 29.4 Å². The molecule has 7 nitrogen and oxygen atoms in total. The Kier molecular flexibility index (Phi) is 9.66. The van der Waals surface area contributed by atoms with Gasteiger partial charge in [-0.15, -0.1) is 24.0 Å². The van der Waals surface area contributed by atoms with E-state index >= 15 is 0 Å². The lowest BCUT2D eigenvalue weighted by atomic mass is 10.2. The molecule has 0 aliphatic rings. The highest BCUT2D eigenvalue weighted by molar-refractivity contribution is 14.0. The lowest BCUT2D eigenvalue weighted by Crippen LogP contribution is -2.39. The maximum absolute atomic E-state index is 13.0. The predicted octanol–water partition coefficient (Wildman–Crippen LogP) is 3.24. The number of anilines is 1. The molecule has 0 saturated carbocycles. The number of aryl methyl sites for hydroxylation is 2. The summed E-state index contributed by atoms with van der Waals surface area (Å²) in [5, 5.41) is 13.3. The van der Waals surface area contributed by atoms with Crippen molar-refractivity contribution in [1.29, 1.82) is 0 Å². The van der Waals surface area contributed by atoms with Crippen LogP contribution in [0.4, 0.5) is 19.0 Å². The Hall–Kier alpha value is -2.05. The van der Waals surface area contributed by atoms with Gasteiger partial charge >= 0.3 is 6.18 Å². The summed E-state index contributed by atoms with van der Waals surface area (Å²) in [6, 6.07) is 2.28. The molecule has 0 unspecified atom stereocenters. The lowest BCUT2D eigenvalue weighted by Gasteiger charge is -2.15. The third-order valence-electron chi connectivity index (χ3n) is 4.22. The van der Waals surface area contributed by atoms with E-state index in [4.69, 9.17) is 0 Å². The zero-order valence-electron chi connectivity index (χ0n) is 16.9. The molecular formula is C18H27F3IN7. The Morgan fingerprint density at radius 2 is 1.93 bits per heavy atom. The molecule has 0 aliphatic carbocycles. The standard InChI is InChI=1S/C18H26F3N7.HI/c1-5-22-17(26-11-14-12(2)27-28(4)13(14)3)25-10-9-24-16-15(18(19,20)21)7-6-8-23-16;/h6-8H,5,9-11H2,1-4H3,(H,23,24)(H2,22,25,26);1H. The molecule has 0 bridgehead atoms. The molecule has 162 valence electrons. The van der Waals surface area contributed by atoms with Crippen LogP contribution in [0.3, 0.4) is 0 Å². The number of guanidine groups is 1. The van der Waals surface area contributed by atoms with Gasteiger partial charge in [0.15, 0.2) is 5.96 Å². The van der Waals surface area contributed by atoms with E-state index in [9.17, 15) is 13.2 Å². The number of aromatic nitrogens is 3. The first kappa shape index (κ1) is 25.0. The predicted molar refractivity (Wildman–Crippen MR) is 119 cm³/mol. The number of rotatable bonds is 7. The van der Waals surface area contributed by atoms with Crippen molar-refractivity contribution in [3.05, 3.63) is 40.8 Å². The number of nitrogens with one attached hydrogen (secondary N) is 3. The summed E-state index contributed by atoms with van der Waals surface area (Å²) >= 11 is 0. The largest absolute Gasteiger partial charge is 0.419 e. The van der Waals surface area contributed by atoms with E-state index in [1.807, 2.05) is 32.5 Å². The molecule has 0 aromatic carbocycles. The molecule has 0 radical (unpaired) electrons. The number of hydrogen-bond donors (Lipinski definition) is 3. The minimum Gasteiger partial charge on any atom is -0.368 e. The first-order valence-electron chi connectivity index (χ1n) is 9.01. The SMILES string of the molecule is CCNC(=NCc1c(C)nn(C)c1C)NCCNc1ncccc1C(F)(F)F.I. The average Bonchev–Trinajstić information content (AvgIpc) is 2.88. The van der Waals surface area contributed by atoms with Gasteiger partial charge in [0.1, 0.15) is 5.82 Å². The summed E-state index contributed by atoms with van der Waals surface area (Å²) in [5.74, 6) is 0.407. The summed E-state index contributed by atoms with van der Waals surface area (Å²) in [7, 11) is 1.89. The van der Waals surface area contributed by atoms with Gasteiger partial charge in [-0.25, -0.2) is 9.98 Å². The van der Waals surface area contributed by atoms with Crippen molar-refractivity contribution < 1.29 is 13.2 Å². The second-order valence-electron chi connectivity index (χ2n) is 6.22. The number of nitrogens with zero attached hydrogens (tertiary/aromatic N) is 4. The summed E-state index contributed by atoms with van der Waals surface area (Å²) < 4.78 is 40.8. The van der Waals surface area contributed by atoms with Crippen LogP contribution in [0, 0.1) is 13.8 Å². The van der Waals surface area contributed by atoms with Crippen molar-refractivity contribution >= 4 is 35.8 Å². The first-order valence-corrected chi connectivity index (χ1v) is 9.01. The van der Waals surface area contributed by atoms with Gasteiger partial charge in [-0.05, 0) is 32.9 Å². The summed E-state index contributed by atoms with van der Waals surface area (Å²) in [6.45, 7) is 7.64. The Labute approximate surface area is 185 Å². The van der Waals surface area contributed by atoms with Crippen LogP contribution in [0.25, 0.3) is 0 Å². The smallest absolute Gasteiger partial charge is 0.368 e. The Morgan fingerprint density at radius 3 is 2.52 bits per heavy atom. The third kappa shape index (κ3) is 7.05. The summed E-state index contributed by atoms with van der Waals surface area (Å²) in [5.41, 5.74) is 2.25. The first-order chi connectivity index (χ1) is 13.2. The van der Waals surface area contributed by atoms with Gasteiger partial charge in [0, 0.05) is 44.1 Å². The Balaban J connectivity index is 0.00000420. The molecule has 11 heteroatoms. The van der Waals surface area contributed by atoms with Gasteiger partial charge in [0.05, 0.1) is 17.8 Å². The third-order valence-corrected chi connectivity index (χ3v) is 4.22. The van der Waals surface area contributed by atoms with Crippen molar-refractivity contribution in [3.63, 3.8) is 0 Å². The monoisotopic (exact) mass is 525 g/mol. The summed E-state index contributed by atoms with van der Waals surface area (Å²) in [4.78, 5) is 8.32. The Bertz CT molecular complexity index is 818. The van der Waals surface area contributed by atoms with Crippen molar-refractivity contribution in [1.82, 2.24) is 25.4 Å². The molecule has 0 atom stereocenters. The van der Waals surface area contributed by atoms with Crippen molar-refractivity contribution in [2.45, 2.75) is 33.5 Å². The van der Waals surface area contributed by atoms with Gasteiger partial charge in [-0.3, -0.25) is 4.68 Å². The van der Waals surface area contributed by atoms with Crippen LogP contribution in [0.5, 0.6) is 0 Å². The fraction of sp³-hybridized carbons (Fsp3) is 0.500.